The van der Waals surface area contributed by atoms with E-state index in [-0.39, 0.29) is 0 Å². The fourth-order valence-electron chi connectivity index (χ4n) is 0.188. The van der Waals surface area contributed by atoms with Crippen molar-refractivity contribution < 1.29 is 8.22 Å². The summed E-state index contributed by atoms with van der Waals surface area (Å²) in [7, 11) is 2.60. The lowest BCUT2D eigenvalue weighted by molar-refractivity contribution is 0.891. The van der Waals surface area contributed by atoms with E-state index in [1.165, 1.54) is 14.1 Å². The first-order valence-corrected chi connectivity index (χ1v) is 2.25. The van der Waals surface area contributed by atoms with Crippen molar-refractivity contribution in [2.75, 3.05) is 27.1 Å². The Morgan fingerprint density at radius 2 is 1.75 bits per heavy atom. The van der Waals surface area contributed by atoms with Gasteiger partial charge in [-0.15, -0.1) is 0 Å². The molecule has 2 nitrogen and oxygen atoms in total. The quantitative estimate of drug-likeness (QED) is 0.510. The van der Waals surface area contributed by atoms with Gasteiger partial charge in [0.25, 0.3) is 0 Å². The maximum atomic E-state index is 7.31. The molecule has 0 aromatic rings. The molecule has 0 aliphatic rings. The van der Waals surface area contributed by atoms with Gasteiger partial charge in [0, 0.05) is 18.5 Å². The molecule has 0 saturated carbocycles. The Balaban J connectivity index is 5.12. The van der Waals surface area contributed by atoms with Gasteiger partial charge in [-0.05, 0) is 14.1 Å². The van der Waals surface area contributed by atoms with Crippen LogP contribution in [0, 0.1) is 0 Å². The van der Waals surface area contributed by atoms with Gasteiger partial charge in [0.2, 0.25) is 0 Å². The highest BCUT2D eigenvalue weighted by molar-refractivity contribution is 4.84. The van der Waals surface area contributed by atoms with Crippen molar-refractivity contribution in [2.45, 2.75) is 0 Å². The fraction of sp³-hybridized carbons (Fsp3) is 0.667. The van der Waals surface area contributed by atoms with Crippen LogP contribution in [-0.4, -0.2) is 27.1 Å². The molecule has 0 rings (SSSR count). The van der Waals surface area contributed by atoms with Crippen molar-refractivity contribution in [3.8, 4) is 0 Å². The lowest BCUT2D eigenvalue weighted by Crippen LogP contribution is -2.07. The summed E-state index contributed by atoms with van der Waals surface area (Å²) < 4.78 is 43.7. The van der Waals surface area contributed by atoms with Crippen LogP contribution in [0.1, 0.15) is 8.22 Å². The third-order valence-electron chi connectivity index (χ3n) is 0.438. The molecule has 0 unspecified atom stereocenters. The van der Waals surface area contributed by atoms with Crippen LogP contribution in [0.4, 0.5) is 0 Å². The minimum Gasteiger partial charge on any atom is -0.316 e. The standard InChI is InChI=1S/C6H14N2/c1-7-5-3-4-6-8-2/h3-4,7-8H,5-6H2,1-2H3/b4-3+/i3D,4D,5D2,6D2. The van der Waals surface area contributed by atoms with Gasteiger partial charge in [-0.25, -0.2) is 0 Å². The van der Waals surface area contributed by atoms with Gasteiger partial charge in [0.15, 0.2) is 0 Å². The van der Waals surface area contributed by atoms with E-state index in [0.717, 1.165) is 0 Å². The van der Waals surface area contributed by atoms with Crippen LogP contribution in [-0.2, 0) is 0 Å². The molecule has 0 radical (unpaired) electrons. The number of hydrogen-bond acceptors (Lipinski definition) is 2. The minimum absolute atomic E-state index is 0.723. The third kappa shape index (κ3) is 5.66. The smallest absolute Gasteiger partial charge is 0.0586 e. The summed E-state index contributed by atoms with van der Waals surface area (Å²) in [6.07, 6.45) is 0. The van der Waals surface area contributed by atoms with Gasteiger partial charge in [-0.2, -0.15) is 0 Å². The molecule has 0 aromatic heterocycles. The van der Waals surface area contributed by atoms with E-state index in [2.05, 4.69) is 10.6 Å². The normalized spacial score (nSPS) is 27.8. The van der Waals surface area contributed by atoms with Crippen molar-refractivity contribution >= 4 is 0 Å². The SMILES string of the molecule is [2H]/C(=C(/[2H])C([2H])([2H])NC)C([2H])([2H])NC. The summed E-state index contributed by atoms with van der Waals surface area (Å²) >= 11 is 0. The Hall–Kier alpha value is -0.340. The van der Waals surface area contributed by atoms with E-state index in [0.29, 0.717) is 0 Å². The van der Waals surface area contributed by atoms with Crippen LogP contribution in [0.15, 0.2) is 12.1 Å². The van der Waals surface area contributed by atoms with E-state index in [9.17, 15) is 0 Å². The van der Waals surface area contributed by atoms with E-state index in [1.54, 1.807) is 0 Å². The van der Waals surface area contributed by atoms with E-state index in [1.807, 2.05) is 0 Å². The second-order valence-electron chi connectivity index (χ2n) is 1.00. The first-order chi connectivity index (χ1) is 6.19. The van der Waals surface area contributed by atoms with Gasteiger partial charge in [0.05, 0.1) is 2.74 Å². The lowest BCUT2D eigenvalue weighted by Gasteiger charge is -1.88. The number of hydrogen-bond donors (Lipinski definition) is 2. The Kier molecular flexibility index (Phi) is 1.76. The molecular formula is C6H14N2. The Morgan fingerprint density at radius 1 is 1.38 bits per heavy atom. The molecule has 0 aromatic carbocycles. The molecule has 0 bridgehead atoms. The zero-order valence-electron chi connectivity index (χ0n) is 11.0. The highest BCUT2D eigenvalue weighted by atomic mass is 14.8. The Morgan fingerprint density at radius 3 is 2.00 bits per heavy atom. The molecule has 0 aliphatic carbocycles. The summed E-state index contributed by atoms with van der Waals surface area (Å²) in [4.78, 5) is 0. The van der Waals surface area contributed by atoms with Crippen LogP contribution in [0.3, 0.4) is 0 Å². The van der Waals surface area contributed by atoms with Gasteiger partial charge >= 0.3 is 0 Å². The fourth-order valence-corrected chi connectivity index (χ4v) is 0.188. The molecule has 0 amide bonds. The third-order valence-corrected chi connectivity index (χ3v) is 0.438. The predicted octanol–water partition coefficient (Wildman–Crippen LogP) is -0.0186. The molecule has 48 valence electrons. The van der Waals surface area contributed by atoms with Crippen LogP contribution >= 0.6 is 0 Å². The van der Waals surface area contributed by atoms with Gasteiger partial charge in [0.1, 0.15) is 0 Å². The minimum atomic E-state index is -2.19. The second kappa shape index (κ2) is 6.66. The molecule has 0 saturated heterocycles. The average molecular weight is 120 g/mol. The molecule has 0 atom stereocenters. The summed E-state index contributed by atoms with van der Waals surface area (Å²) in [5.41, 5.74) is 0. The average Bonchev–Trinajstić information content (AvgIpc) is 2.15. The van der Waals surface area contributed by atoms with Crippen molar-refractivity contribution in [2.24, 2.45) is 0 Å². The number of likely N-dealkylation sites (N-methyl/N-ethyl adjacent to an activating group) is 2. The molecule has 8 heavy (non-hydrogen) atoms. The van der Waals surface area contributed by atoms with Crippen molar-refractivity contribution in [3.05, 3.63) is 12.1 Å². The maximum Gasteiger partial charge on any atom is 0.0586 e. The topological polar surface area (TPSA) is 24.1 Å². The Labute approximate surface area is 59.4 Å². The highest BCUT2D eigenvalue weighted by Gasteiger charge is 1.68. The van der Waals surface area contributed by atoms with Gasteiger partial charge < -0.3 is 10.6 Å². The van der Waals surface area contributed by atoms with Crippen LogP contribution < -0.4 is 10.6 Å². The van der Waals surface area contributed by atoms with Crippen LogP contribution in [0.2, 0.25) is 0 Å². The number of rotatable bonds is 4. The van der Waals surface area contributed by atoms with Gasteiger partial charge in [-0.3, -0.25) is 0 Å². The molecule has 0 aliphatic heterocycles. The summed E-state index contributed by atoms with van der Waals surface area (Å²) in [5.74, 6) is 0. The second-order valence-corrected chi connectivity index (χ2v) is 1.00. The highest BCUT2D eigenvalue weighted by Crippen LogP contribution is 1.64. The largest absolute Gasteiger partial charge is 0.316 e. The Bertz CT molecular complexity index is 212. The van der Waals surface area contributed by atoms with E-state index >= 15 is 0 Å². The van der Waals surface area contributed by atoms with E-state index in [4.69, 9.17) is 8.22 Å². The van der Waals surface area contributed by atoms with E-state index < -0.39 is 25.1 Å². The molecule has 0 spiro atoms. The molecule has 2 N–H and O–H groups in total. The van der Waals surface area contributed by atoms with Crippen molar-refractivity contribution in [3.63, 3.8) is 0 Å². The summed E-state index contributed by atoms with van der Waals surface area (Å²) in [6, 6.07) is -1.45. The van der Waals surface area contributed by atoms with Gasteiger partial charge in [-0.1, -0.05) is 12.1 Å². The first-order valence-electron chi connectivity index (χ1n) is 5.25. The zero-order valence-corrected chi connectivity index (χ0v) is 5.00. The summed E-state index contributed by atoms with van der Waals surface area (Å²) in [6.45, 7) is -4.39. The zero-order chi connectivity index (χ0) is 11.6. The number of nitrogens with one attached hydrogen (secondary N) is 2. The monoisotopic (exact) mass is 120 g/mol. The van der Waals surface area contributed by atoms with Crippen LogP contribution in [0.25, 0.3) is 0 Å². The molecule has 0 fully saturated rings. The summed E-state index contributed by atoms with van der Waals surface area (Å²) in [5, 5.41) is 4.38. The molecule has 0 heterocycles. The van der Waals surface area contributed by atoms with Crippen molar-refractivity contribution in [1.29, 1.82) is 0 Å². The first kappa shape index (κ1) is 2.12. The van der Waals surface area contributed by atoms with Crippen LogP contribution in [0.5, 0.6) is 0 Å². The predicted molar refractivity (Wildman–Crippen MR) is 37.0 cm³/mol. The molecule has 2 heteroatoms. The molecular weight excluding hydrogens is 100 g/mol. The maximum absolute atomic E-state index is 7.31. The lowest BCUT2D eigenvalue weighted by atomic mass is 10.5. The van der Waals surface area contributed by atoms with Crippen molar-refractivity contribution in [1.82, 2.24) is 10.6 Å².